The second-order valence-electron chi connectivity index (χ2n) is 7.48. The van der Waals surface area contributed by atoms with Gasteiger partial charge in [0.2, 0.25) is 0 Å². The highest BCUT2D eigenvalue weighted by Crippen LogP contribution is 2.22. The van der Waals surface area contributed by atoms with Gasteiger partial charge in [0.05, 0.1) is 6.61 Å². The molecule has 1 amide bonds. The Kier molecular flexibility index (Phi) is 6.22. The second kappa shape index (κ2) is 9.20. The molecule has 0 bridgehead atoms. The number of aromatic nitrogens is 2. The van der Waals surface area contributed by atoms with Gasteiger partial charge < -0.3 is 14.2 Å². The van der Waals surface area contributed by atoms with E-state index in [1.54, 1.807) is 7.11 Å². The summed E-state index contributed by atoms with van der Waals surface area (Å²) in [5.74, 6) is 0.133. The van der Waals surface area contributed by atoms with Crippen LogP contribution < -0.4 is 0 Å². The first-order valence-electron chi connectivity index (χ1n) is 10.2. The zero-order valence-corrected chi connectivity index (χ0v) is 17.0. The Morgan fingerprint density at radius 3 is 2.59 bits per heavy atom. The number of carbonyl (C=O) groups excluding carboxylic acids is 1. The van der Waals surface area contributed by atoms with Crippen molar-refractivity contribution < 1.29 is 9.53 Å². The van der Waals surface area contributed by atoms with Crippen molar-refractivity contribution in [2.24, 2.45) is 0 Å². The number of amides is 1. The van der Waals surface area contributed by atoms with Crippen molar-refractivity contribution >= 4 is 16.8 Å². The second-order valence-corrected chi connectivity index (χ2v) is 7.48. The number of ether oxygens (including phenoxy) is 1. The van der Waals surface area contributed by atoms with E-state index in [2.05, 4.69) is 32.7 Å². The standard InChI is InChI=1S/C23H28N4O2/c1-29-18-17-26-12-8-20-21(3-2-4-22(20)26)23(28)27-15-13-25(14-16-27)11-7-19-5-9-24-10-6-19/h2-6,8-10,12H,7,11,13-18H2,1H3. The van der Waals surface area contributed by atoms with Crippen LogP contribution in [0, 0.1) is 0 Å². The summed E-state index contributed by atoms with van der Waals surface area (Å²) in [6.07, 6.45) is 6.74. The lowest BCUT2D eigenvalue weighted by Gasteiger charge is -2.35. The number of pyridine rings is 1. The molecule has 2 aromatic heterocycles. The fourth-order valence-electron chi connectivity index (χ4n) is 3.98. The van der Waals surface area contributed by atoms with Crippen LogP contribution in [0.5, 0.6) is 0 Å². The predicted octanol–water partition coefficient (Wildman–Crippen LogP) is 2.68. The summed E-state index contributed by atoms with van der Waals surface area (Å²) < 4.78 is 7.34. The van der Waals surface area contributed by atoms with Crippen LogP contribution in [0.1, 0.15) is 15.9 Å². The van der Waals surface area contributed by atoms with Gasteiger partial charge in [-0.2, -0.15) is 0 Å². The molecular formula is C23H28N4O2. The predicted molar refractivity (Wildman–Crippen MR) is 114 cm³/mol. The lowest BCUT2D eigenvalue weighted by Crippen LogP contribution is -2.49. The van der Waals surface area contributed by atoms with Crippen LogP contribution in [0.3, 0.4) is 0 Å². The quantitative estimate of drug-likeness (QED) is 0.620. The highest BCUT2D eigenvalue weighted by atomic mass is 16.5. The van der Waals surface area contributed by atoms with Crippen LogP contribution in [0.15, 0.2) is 55.0 Å². The monoisotopic (exact) mass is 392 g/mol. The van der Waals surface area contributed by atoms with E-state index in [4.69, 9.17) is 4.74 Å². The van der Waals surface area contributed by atoms with Gasteiger partial charge in [-0.3, -0.25) is 14.7 Å². The summed E-state index contributed by atoms with van der Waals surface area (Å²) in [6.45, 7) is 5.84. The third kappa shape index (κ3) is 4.49. The van der Waals surface area contributed by atoms with E-state index >= 15 is 0 Å². The van der Waals surface area contributed by atoms with Gasteiger partial charge in [-0.15, -0.1) is 0 Å². The molecular weight excluding hydrogens is 364 g/mol. The largest absolute Gasteiger partial charge is 0.383 e. The average molecular weight is 393 g/mol. The zero-order chi connectivity index (χ0) is 20.1. The molecule has 152 valence electrons. The third-order valence-electron chi connectivity index (χ3n) is 5.71. The Hall–Kier alpha value is -2.70. The summed E-state index contributed by atoms with van der Waals surface area (Å²) in [6, 6.07) is 12.2. The highest BCUT2D eigenvalue weighted by molar-refractivity contribution is 6.06. The van der Waals surface area contributed by atoms with Crippen molar-refractivity contribution in [2.75, 3.05) is 46.4 Å². The Bertz CT molecular complexity index is 946. The minimum absolute atomic E-state index is 0.133. The van der Waals surface area contributed by atoms with E-state index in [0.717, 1.165) is 62.2 Å². The Balaban J connectivity index is 1.37. The van der Waals surface area contributed by atoms with Gasteiger partial charge in [-0.25, -0.2) is 0 Å². The number of carbonyl (C=O) groups is 1. The van der Waals surface area contributed by atoms with E-state index in [0.29, 0.717) is 6.61 Å². The minimum Gasteiger partial charge on any atom is -0.383 e. The zero-order valence-electron chi connectivity index (χ0n) is 17.0. The first-order chi connectivity index (χ1) is 14.3. The van der Waals surface area contributed by atoms with Gasteiger partial charge in [0.25, 0.3) is 5.91 Å². The first-order valence-corrected chi connectivity index (χ1v) is 10.2. The Morgan fingerprint density at radius 1 is 1.03 bits per heavy atom. The molecule has 3 heterocycles. The average Bonchev–Trinajstić information content (AvgIpc) is 3.20. The molecule has 0 radical (unpaired) electrons. The molecule has 1 aromatic carbocycles. The van der Waals surface area contributed by atoms with Crippen LogP contribution in [-0.2, 0) is 17.7 Å². The number of methoxy groups -OCH3 is 1. The fourth-order valence-corrected chi connectivity index (χ4v) is 3.98. The number of benzene rings is 1. The van der Waals surface area contributed by atoms with E-state index in [-0.39, 0.29) is 5.91 Å². The van der Waals surface area contributed by atoms with Crippen LogP contribution in [0.25, 0.3) is 10.9 Å². The van der Waals surface area contributed by atoms with Crippen LogP contribution in [-0.4, -0.2) is 71.7 Å². The van der Waals surface area contributed by atoms with Crippen molar-refractivity contribution in [3.05, 3.63) is 66.1 Å². The third-order valence-corrected chi connectivity index (χ3v) is 5.71. The van der Waals surface area contributed by atoms with Crippen molar-refractivity contribution in [2.45, 2.75) is 13.0 Å². The Morgan fingerprint density at radius 2 is 1.83 bits per heavy atom. The maximum absolute atomic E-state index is 13.2. The van der Waals surface area contributed by atoms with Gasteiger partial charge in [0.1, 0.15) is 0 Å². The molecule has 0 N–H and O–H groups in total. The van der Waals surface area contributed by atoms with Crippen LogP contribution >= 0.6 is 0 Å². The molecule has 3 aromatic rings. The van der Waals surface area contributed by atoms with Gasteiger partial charge in [0, 0.05) is 81.4 Å². The molecule has 0 aliphatic carbocycles. The van der Waals surface area contributed by atoms with Crippen molar-refractivity contribution in [3.63, 3.8) is 0 Å². The summed E-state index contributed by atoms with van der Waals surface area (Å²) in [7, 11) is 1.71. The van der Waals surface area contributed by atoms with Gasteiger partial charge in [-0.1, -0.05) is 6.07 Å². The molecule has 1 aliphatic rings. The molecule has 1 saturated heterocycles. The molecule has 1 aliphatic heterocycles. The molecule has 29 heavy (non-hydrogen) atoms. The van der Waals surface area contributed by atoms with Crippen molar-refractivity contribution in [3.8, 4) is 0 Å². The van der Waals surface area contributed by atoms with E-state index in [9.17, 15) is 4.79 Å². The number of hydrogen-bond donors (Lipinski definition) is 0. The lowest BCUT2D eigenvalue weighted by atomic mass is 10.1. The molecule has 0 unspecified atom stereocenters. The summed E-state index contributed by atoms with van der Waals surface area (Å²) in [5, 5.41) is 1.02. The van der Waals surface area contributed by atoms with Gasteiger partial charge in [-0.05, 0) is 42.3 Å². The molecule has 6 heteroatoms. The number of piperazine rings is 1. The lowest BCUT2D eigenvalue weighted by molar-refractivity contribution is 0.0640. The van der Waals surface area contributed by atoms with Gasteiger partial charge >= 0.3 is 0 Å². The molecule has 4 rings (SSSR count). The van der Waals surface area contributed by atoms with Crippen LogP contribution in [0.4, 0.5) is 0 Å². The van der Waals surface area contributed by atoms with Crippen molar-refractivity contribution in [1.29, 1.82) is 0 Å². The topological polar surface area (TPSA) is 50.6 Å². The SMILES string of the molecule is COCCn1ccc2c(C(=O)N3CCN(CCc4ccncc4)CC3)cccc21. The fraction of sp³-hybridized carbons (Fsp3) is 0.391. The maximum Gasteiger partial charge on any atom is 0.254 e. The summed E-state index contributed by atoms with van der Waals surface area (Å²) in [5.41, 5.74) is 3.19. The molecule has 0 spiro atoms. The molecule has 0 saturated carbocycles. The highest BCUT2D eigenvalue weighted by Gasteiger charge is 2.23. The van der Waals surface area contributed by atoms with E-state index < -0.39 is 0 Å². The molecule has 0 atom stereocenters. The number of fused-ring (bicyclic) bond motifs is 1. The maximum atomic E-state index is 13.2. The molecule has 6 nitrogen and oxygen atoms in total. The van der Waals surface area contributed by atoms with Crippen LogP contribution in [0.2, 0.25) is 0 Å². The van der Waals surface area contributed by atoms with E-state index in [1.165, 1.54) is 5.56 Å². The van der Waals surface area contributed by atoms with Crippen molar-refractivity contribution in [1.82, 2.24) is 19.4 Å². The minimum atomic E-state index is 0.133. The molecule has 1 fully saturated rings. The number of nitrogens with zero attached hydrogens (tertiary/aromatic N) is 4. The normalized spacial score (nSPS) is 15.1. The number of hydrogen-bond acceptors (Lipinski definition) is 4. The Labute approximate surface area is 171 Å². The number of rotatable bonds is 7. The van der Waals surface area contributed by atoms with E-state index in [1.807, 2.05) is 41.7 Å². The first kappa shape index (κ1) is 19.6. The smallest absolute Gasteiger partial charge is 0.254 e. The summed E-state index contributed by atoms with van der Waals surface area (Å²) >= 11 is 0. The van der Waals surface area contributed by atoms with Gasteiger partial charge in [0.15, 0.2) is 0 Å². The summed E-state index contributed by atoms with van der Waals surface area (Å²) in [4.78, 5) is 21.7.